The van der Waals surface area contributed by atoms with E-state index in [9.17, 15) is 14.0 Å². The number of carbonyl (C=O) groups is 2. The minimum atomic E-state index is -1.33. The number of rotatable bonds is 4. The Balaban J connectivity index is 2.80. The first-order chi connectivity index (χ1) is 7.95. The second-order valence-corrected chi connectivity index (χ2v) is 3.51. The molecule has 1 atom stereocenters. The van der Waals surface area contributed by atoms with Crippen molar-refractivity contribution in [3.63, 3.8) is 0 Å². The fourth-order valence-corrected chi connectivity index (χ4v) is 1.30. The molecule has 3 N–H and O–H groups in total. The van der Waals surface area contributed by atoms with E-state index in [-0.39, 0.29) is 5.82 Å². The smallest absolute Gasteiger partial charge is 0.330 e. The van der Waals surface area contributed by atoms with E-state index in [1.807, 2.05) is 0 Å². The van der Waals surface area contributed by atoms with Crippen molar-refractivity contribution >= 4 is 17.6 Å². The van der Waals surface area contributed by atoms with Gasteiger partial charge in [-0.1, -0.05) is 0 Å². The highest BCUT2D eigenvalue weighted by atomic mass is 19.1. The van der Waals surface area contributed by atoms with Gasteiger partial charge in [0.2, 0.25) is 0 Å². The van der Waals surface area contributed by atoms with Gasteiger partial charge in [-0.15, -0.1) is 0 Å². The quantitative estimate of drug-likeness (QED) is 0.678. The highest BCUT2D eigenvalue weighted by Crippen LogP contribution is 2.13. The van der Waals surface area contributed by atoms with E-state index < -0.39 is 17.9 Å². The van der Waals surface area contributed by atoms with Gasteiger partial charge in [-0.25, -0.2) is 9.18 Å². The Morgan fingerprint density at radius 1 is 1.41 bits per heavy atom. The van der Waals surface area contributed by atoms with Crippen LogP contribution in [-0.4, -0.2) is 30.1 Å². The third-order valence-corrected chi connectivity index (χ3v) is 2.22. The number of carboxylic acids is 1. The predicted molar refractivity (Wildman–Crippen MR) is 60.3 cm³/mol. The molecule has 0 spiro atoms. The van der Waals surface area contributed by atoms with Crippen LogP contribution in [0.25, 0.3) is 0 Å². The molecule has 0 bridgehead atoms. The SMILES string of the molecule is CNC(C(=O)O)C(=O)Nc1ccc(F)c(C)c1. The van der Waals surface area contributed by atoms with Crippen molar-refractivity contribution in [3.05, 3.63) is 29.6 Å². The fraction of sp³-hybridized carbons (Fsp3) is 0.273. The predicted octanol–water partition coefficient (Wildman–Crippen LogP) is 0.745. The van der Waals surface area contributed by atoms with Crippen LogP contribution in [0.15, 0.2) is 18.2 Å². The number of hydrogen-bond acceptors (Lipinski definition) is 3. The van der Waals surface area contributed by atoms with Gasteiger partial charge < -0.3 is 10.4 Å². The van der Waals surface area contributed by atoms with Gasteiger partial charge in [0.05, 0.1) is 0 Å². The first kappa shape index (κ1) is 13.1. The molecule has 1 rings (SSSR count). The van der Waals surface area contributed by atoms with Crippen molar-refractivity contribution in [2.45, 2.75) is 13.0 Å². The lowest BCUT2D eigenvalue weighted by Gasteiger charge is -2.12. The summed E-state index contributed by atoms with van der Waals surface area (Å²) >= 11 is 0. The van der Waals surface area contributed by atoms with Crippen LogP contribution >= 0.6 is 0 Å². The Kier molecular flexibility index (Phi) is 4.17. The molecule has 0 radical (unpaired) electrons. The third kappa shape index (κ3) is 3.25. The standard InChI is InChI=1S/C11H13FN2O3/c1-6-5-7(3-4-8(6)12)14-10(15)9(13-2)11(16)17/h3-5,9,13H,1-2H3,(H,14,15)(H,16,17). The molecule has 5 nitrogen and oxygen atoms in total. The number of likely N-dealkylation sites (N-methyl/N-ethyl adjacent to an activating group) is 1. The molecule has 1 unspecified atom stereocenters. The molecule has 6 heteroatoms. The molecule has 0 aliphatic heterocycles. The molecule has 1 aromatic rings. The molecule has 0 aliphatic carbocycles. The first-order valence-corrected chi connectivity index (χ1v) is 4.92. The zero-order valence-electron chi connectivity index (χ0n) is 9.45. The van der Waals surface area contributed by atoms with Crippen molar-refractivity contribution in [3.8, 4) is 0 Å². The summed E-state index contributed by atoms with van der Waals surface area (Å²) in [5.74, 6) is -2.36. The van der Waals surface area contributed by atoms with Gasteiger partial charge in [-0.3, -0.25) is 10.1 Å². The second kappa shape index (κ2) is 5.40. The summed E-state index contributed by atoms with van der Waals surface area (Å²) in [6.45, 7) is 1.55. The van der Waals surface area contributed by atoms with E-state index in [1.54, 1.807) is 6.92 Å². The molecular weight excluding hydrogens is 227 g/mol. The van der Waals surface area contributed by atoms with Crippen molar-refractivity contribution in [2.24, 2.45) is 0 Å². The Bertz CT molecular complexity index is 448. The highest BCUT2D eigenvalue weighted by Gasteiger charge is 2.24. The van der Waals surface area contributed by atoms with Crippen molar-refractivity contribution in [2.75, 3.05) is 12.4 Å². The summed E-state index contributed by atoms with van der Waals surface area (Å²) in [6.07, 6.45) is 0. The Hall–Kier alpha value is -1.95. The van der Waals surface area contributed by atoms with Crippen molar-refractivity contribution in [1.29, 1.82) is 0 Å². The van der Waals surface area contributed by atoms with Crippen molar-refractivity contribution in [1.82, 2.24) is 5.32 Å². The summed E-state index contributed by atoms with van der Waals surface area (Å²) in [5.41, 5.74) is 0.731. The minimum absolute atomic E-state index is 0.357. The zero-order chi connectivity index (χ0) is 13.0. The molecule has 0 heterocycles. The Morgan fingerprint density at radius 2 is 2.06 bits per heavy atom. The average Bonchev–Trinajstić information content (AvgIpc) is 2.24. The summed E-state index contributed by atoms with van der Waals surface area (Å²) in [5, 5.41) is 13.5. The monoisotopic (exact) mass is 240 g/mol. The maximum Gasteiger partial charge on any atom is 0.330 e. The molecule has 0 saturated carbocycles. The van der Waals surface area contributed by atoms with Gasteiger partial charge in [0, 0.05) is 5.69 Å². The molecule has 0 aliphatic rings. The van der Waals surface area contributed by atoms with Crippen LogP contribution < -0.4 is 10.6 Å². The summed E-state index contributed by atoms with van der Waals surface area (Å²) in [7, 11) is 1.37. The number of hydrogen-bond donors (Lipinski definition) is 3. The van der Waals surface area contributed by atoms with Crippen LogP contribution in [0.4, 0.5) is 10.1 Å². The van der Waals surface area contributed by atoms with E-state index in [0.717, 1.165) is 0 Å². The minimum Gasteiger partial charge on any atom is -0.480 e. The van der Waals surface area contributed by atoms with Crippen LogP contribution in [0.2, 0.25) is 0 Å². The molecule has 17 heavy (non-hydrogen) atoms. The molecule has 1 aromatic carbocycles. The van der Waals surface area contributed by atoms with Crippen LogP contribution in [0.3, 0.4) is 0 Å². The molecule has 1 amide bonds. The first-order valence-electron chi connectivity index (χ1n) is 4.92. The number of carbonyl (C=O) groups excluding carboxylic acids is 1. The second-order valence-electron chi connectivity index (χ2n) is 3.51. The number of amides is 1. The van der Waals surface area contributed by atoms with Gasteiger partial charge in [-0.2, -0.15) is 0 Å². The highest BCUT2D eigenvalue weighted by molar-refractivity contribution is 6.07. The topological polar surface area (TPSA) is 78.4 Å². The lowest BCUT2D eigenvalue weighted by Crippen LogP contribution is -2.44. The number of benzene rings is 1. The number of anilines is 1. The van der Waals surface area contributed by atoms with E-state index in [1.165, 1.54) is 25.2 Å². The van der Waals surface area contributed by atoms with Gasteiger partial charge in [0.25, 0.3) is 5.91 Å². The summed E-state index contributed by atoms with van der Waals surface area (Å²) in [6, 6.07) is 2.68. The number of halogens is 1. The zero-order valence-corrected chi connectivity index (χ0v) is 9.45. The normalized spacial score (nSPS) is 11.9. The average molecular weight is 240 g/mol. The fourth-order valence-electron chi connectivity index (χ4n) is 1.30. The lowest BCUT2D eigenvalue weighted by atomic mass is 10.2. The number of aryl methyl sites for hydroxylation is 1. The van der Waals surface area contributed by atoms with Crippen LogP contribution in [0.5, 0.6) is 0 Å². The molecule has 0 saturated heterocycles. The van der Waals surface area contributed by atoms with Gasteiger partial charge in [0.15, 0.2) is 6.04 Å². The van der Waals surface area contributed by atoms with Gasteiger partial charge >= 0.3 is 5.97 Å². The van der Waals surface area contributed by atoms with Gasteiger partial charge in [-0.05, 0) is 37.7 Å². The van der Waals surface area contributed by atoms with E-state index >= 15 is 0 Å². The maximum absolute atomic E-state index is 13.0. The summed E-state index contributed by atoms with van der Waals surface area (Å²) < 4.78 is 13.0. The van der Waals surface area contributed by atoms with Crippen molar-refractivity contribution < 1.29 is 19.1 Å². The maximum atomic E-state index is 13.0. The Labute approximate surface area is 97.6 Å². The van der Waals surface area contributed by atoms with Gasteiger partial charge in [0.1, 0.15) is 5.82 Å². The molecule has 0 fully saturated rings. The number of carboxylic acid groups (broad SMARTS) is 1. The molecule has 92 valence electrons. The molecule has 0 aromatic heterocycles. The number of aliphatic carboxylic acids is 1. The van der Waals surface area contributed by atoms with E-state index in [2.05, 4.69) is 10.6 Å². The van der Waals surface area contributed by atoms with Crippen LogP contribution in [0.1, 0.15) is 5.56 Å². The summed E-state index contributed by atoms with van der Waals surface area (Å²) in [4.78, 5) is 22.2. The third-order valence-electron chi connectivity index (χ3n) is 2.22. The van der Waals surface area contributed by atoms with Crippen LogP contribution in [-0.2, 0) is 9.59 Å². The lowest BCUT2D eigenvalue weighted by molar-refractivity contribution is -0.142. The molecular formula is C11H13FN2O3. The largest absolute Gasteiger partial charge is 0.480 e. The Morgan fingerprint density at radius 3 is 2.53 bits per heavy atom. The van der Waals surface area contributed by atoms with E-state index in [4.69, 9.17) is 5.11 Å². The number of nitrogens with one attached hydrogen (secondary N) is 2. The van der Waals surface area contributed by atoms with E-state index in [0.29, 0.717) is 11.3 Å². The van der Waals surface area contributed by atoms with Crippen LogP contribution in [0, 0.1) is 12.7 Å².